The molecular weight excluding hydrogens is 454 g/mol. The number of aliphatic hydroxyl groups excluding tert-OH is 2. The molecule has 0 spiro atoms. The fraction of sp³-hybridized carbons (Fsp3) is 0.346. The van der Waals surface area contributed by atoms with E-state index in [2.05, 4.69) is 5.10 Å². The van der Waals surface area contributed by atoms with Crippen LogP contribution in [0.3, 0.4) is 0 Å². The molecule has 0 bridgehead atoms. The first-order valence-corrected chi connectivity index (χ1v) is 11.8. The normalized spacial score (nSPS) is 17.5. The quantitative estimate of drug-likeness (QED) is 0.514. The van der Waals surface area contributed by atoms with E-state index in [4.69, 9.17) is 11.6 Å². The molecule has 1 amide bonds. The summed E-state index contributed by atoms with van der Waals surface area (Å²) in [5.41, 5.74) is 3.61. The Kier molecular flexibility index (Phi) is 7.46. The van der Waals surface area contributed by atoms with Crippen molar-refractivity contribution in [3.05, 3.63) is 82.6 Å². The molecule has 0 radical (unpaired) electrons. The first kappa shape index (κ1) is 24.1. The molecule has 1 aromatic heterocycles. The summed E-state index contributed by atoms with van der Waals surface area (Å²) in [6.45, 7) is 2.37. The molecule has 0 aliphatic carbocycles. The van der Waals surface area contributed by atoms with Gasteiger partial charge in [-0.3, -0.25) is 9.59 Å². The van der Waals surface area contributed by atoms with Gasteiger partial charge in [-0.2, -0.15) is 5.10 Å². The zero-order chi connectivity index (χ0) is 24.2. The van der Waals surface area contributed by atoms with Gasteiger partial charge in [0.05, 0.1) is 17.4 Å². The summed E-state index contributed by atoms with van der Waals surface area (Å²) in [5, 5.41) is 25.8. The smallest absolute Gasteiger partial charge is 0.255 e. The van der Waals surface area contributed by atoms with Crippen molar-refractivity contribution in [3.8, 4) is 5.69 Å². The molecule has 1 fully saturated rings. The van der Waals surface area contributed by atoms with E-state index in [1.165, 1.54) is 4.90 Å². The number of amides is 1. The molecule has 7 nitrogen and oxygen atoms in total. The topological polar surface area (TPSA) is 95.7 Å². The van der Waals surface area contributed by atoms with Crippen LogP contribution in [0.25, 0.3) is 5.69 Å². The number of nitrogens with zero attached hydrogens (tertiary/aromatic N) is 3. The molecular formula is C26H28ClN3O4. The molecule has 3 aromatic rings. The van der Waals surface area contributed by atoms with Crippen molar-refractivity contribution >= 4 is 23.3 Å². The van der Waals surface area contributed by atoms with Crippen molar-refractivity contribution in [1.29, 1.82) is 0 Å². The number of aliphatic hydroxyl groups is 2. The van der Waals surface area contributed by atoms with Crippen molar-refractivity contribution < 1.29 is 19.8 Å². The second kappa shape index (κ2) is 10.5. The van der Waals surface area contributed by atoms with Crippen LogP contribution < -0.4 is 0 Å². The predicted molar refractivity (Wildman–Crippen MR) is 129 cm³/mol. The molecule has 2 aromatic carbocycles. The number of benzene rings is 2. The first-order chi connectivity index (χ1) is 16.3. The van der Waals surface area contributed by atoms with Crippen LogP contribution in [0, 0.1) is 6.92 Å². The molecule has 1 aliphatic heterocycles. The van der Waals surface area contributed by atoms with E-state index in [1.54, 1.807) is 16.8 Å². The summed E-state index contributed by atoms with van der Waals surface area (Å²) >= 11 is 6.09. The maximum absolute atomic E-state index is 12.9. The van der Waals surface area contributed by atoms with Crippen molar-refractivity contribution in [1.82, 2.24) is 14.7 Å². The average Bonchev–Trinajstić information content (AvgIpc) is 3.51. The van der Waals surface area contributed by atoms with Gasteiger partial charge in [0.2, 0.25) is 0 Å². The highest BCUT2D eigenvalue weighted by Crippen LogP contribution is 2.33. The highest BCUT2D eigenvalue weighted by Gasteiger charge is 2.38. The van der Waals surface area contributed by atoms with E-state index in [0.29, 0.717) is 18.0 Å². The molecule has 8 heteroatoms. The Labute approximate surface area is 203 Å². The Hall–Kier alpha value is -3.00. The number of likely N-dealkylation sites (tertiary alicyclic amines) is 1. The molecule has 3 atom stereocenters. The van der Waals surface area contributed by atoms with Gasteiger partial charge < -0.3 is 15.1 Å². The van der Waals surface area contributed by atoms with E-state index in [-0.39, 0.29) is 12.5 Å². The number of rotatable bonds is 8. The Balaban J connectivity index is 1.34. The van der Waals surface area contributed by atoms with Crippen molar-refractivity contribution in [2.75, 3.05) is 6.54 Å². The van der Waals surface area contributed by atoms with Gasteiger partial charge in [-0.15, -0.1) is 0 Å². The second-order valence-electron chi connectivity index (χ2n) is 8.67. The number of hydrogen-bond acceptors (Lipinski definition) is 5. The number of halogens is 1. The molecule has 178 valence electrons. The van der Waals surface area contributed by atoms with Crippen LogP contribution >= 0.6 is 11.6 Å². The highest BCUT2D eigenvalue weighted by molar-refractivity contribution is 6.30. The van der Waals surface area contributed by atoms with E-state index >= 15 is 0 Å². The number of Topliss-reactive ketones (excluding diaryl/α,β-unsaturated/α-hetero) is 1. The average molecular weight is 482 g/mol. The number of ketones is 1. The number of carbonyl (C=O) groups excluding carboxylic acids is 2. The van der Waals surface area contributed by atoms with Crippen molar-refractivity contribution in [3.63, 3.8) is 0 Å². The summed E-state index contributed by atoms with van der Waals surface area (Å²) < 4.78 is 1.77. The summed E-state index contributed by atoms with van der Waals surface area (Å²) in [6, 6.07) is 16.5. The maximum Gasteiger partial charge on any atom is 0.255 e. The van der Waals surface area contributed by atoms with Gasteiger partial charge in [-0.25, -0.2) is 4.68 Å². The lowest BCUT2D eigenvalue weighted by Crippen LogP contribution is -2.47. The second-order valence-corrected chi connectivity index (χ2v) is 9.11. The van der Waals surface area contributed by atoms with Crippen molar-refractivity contribution in [2.45, 2.75) is 50.9 Å². The number of aryl methyl sites for hydroxylation is 2. The van der Waals surface area contributed by atoms with Gasteiger partial charge >= 0.3 is 0 Å². The van der Waals surface area contributed by atoms with E-state index < -0.39 is 23.9 Å². The minimum absolute atomic E-state index is 0.0173. The monoisotopic (exact) mass is 481 g/mol. The maximum atomic E-state index is 12.9. The standard InChI is InChI=1S/C26H28ClN3O4/c1-17-13-15-30(28-17)21-10-7-18(8-11-21)9-12-23(31)24(32)25(33)26(34)29-14-3-6-22(29)19-4-2-5-20(27)16-19/h2,4-5,7-8,10-11,13,15-16,22,24-25,32-33H,3,6,9,12,14H2,1H3/t22?,24-,25+/m0/s1. The first-order valence-electron chi connectivity index (χ1n) is 11.4. The summed E-state index contributed by atoms with van der Waals surface area (Å²) in [7, 11) is 0. The molecule has 1 aliphatic rings. The molecule has 1 unspecified atom stereocenters. The van der Waals surface area contributed by atoms with Gasteiger partial charge in [0.25, 0.3) is 5.91 Å². The number of aromatic nitrogens is 2. The molecule has 34 heavy (non-hydrogen) atoms. The van der Waals surface area contributed by atoms with Gasteiger partial charge in [0.15, 0.2) is 11.9 Å². The fourth-order valence-corrected chi connectivity index (χ4v) is 4.56. The number of carbonyl (C=O) groups is 2. The highest BCUT2D eigenvalue weighted by atomic mass is 35.5. The van der Waals surface area contributed by atoms with Gasteiger partial charge in [0.1, 0.15) is 6.10 Å². The Morgan fingerprint density at radius 2 is 1.88 bits per heavy atom. The Bertz CT molecular complexity index is 1160. The molecule has 2 N–H and O–H groups in total. The molecule has 0 saturated carbocycles. The van der Waals surface area contributed by atoms with Gasteiger partial charge in [-0.1, -0.05) is 35.9 Å². The van der Waals surface area contributed by atoms with Gasteiger partial charge in [-0.05, 0) is 67.6 Å². The summed E-state index contributed by atoms with van der Waals surface area (Å²) in [4.78, 5) is 27.0. The van der Waals surface area contributed by atoms with Crippen LogP contribution in [0.4, 0.5) is 0 Å². The molecule has 1 saturated heterocycles. The fourth-order valence-electron chi connectivity index (χ4n) is 4.36. The zero-order valence-corrected chi connectivity index (χ0v) is 19.7. The lowest BCUT2D eigenvalue weighted by molar-refractivity contribution is -0.153. The van der Waals surface area contributed by atoms with Crippen LogP contribution in [-0.4, -0.2) is 55.3 Å². The molecule has 2 heterocycles. The van der Waals surface area contributed by atoms with E-state index in [0.717, 1.165) is 35.3 Å². The summed E-state index contributed by atoms with van der Waals surface area (Å²) in [5.74, 6) is -1.20. The zero-order valence-electron chi connectivity index (χ0n) is 19.0. The van der Waals surface area contributed by atoms with Crippen LogP contribution in [-0.2, 0) is 16.0 Å². The molecule has 4 rings (SSSR count). The third-order valence-corrected chi connectivity index (χ3v) is 6.47. The Morgan fingerprint density at radius 1 is 1.12 bits per heavy atom. The van der Waals surface area contributed by atoms with E-state index in [1.807, 2.05) is 55.6 Å². The predicted octanol–water partition coefficient (Wildman–Crippen LogP) is 3.42. The van der Waals surface area contributed by atoms with Crippen LogP contribution in [0.2, 0.25) is 5.02 Å². The third kappa shape index (κ3) is 5.38. The van der Waals surface area contributed by atoms with Crippen LogP contribution in [0.5, 0.6) is 0 Å². The lowest BCUT2D eigenvalue weighted by atomic mass is 10.00. The number of hydrogen-bond donors (Lipinski definition) is 2. The third-order valence-electron chi connectivity index (χ3n) is 6.23. The minimum atomic E-state index is -1.79. The minimum Gasteiger partial charge on any atom is -0.382 e. The lowest BCUT2D eigenvalue weighted by Gasteiger charge is -2.28. The van der Waals surface area contributed by atoms with Crippen LogP contribution in [0.15, 0.2) is 60.8 Å². The Morgan fingerprint density at radius 3 is 2.56 bits per heavy atom. The SMILES string of the molecule is Cc1ccn(-c2ccc(CCC(=O)[C@H](O)[C@@H](O)C(=O)N3CCCC3c3cccc(Cl)c3)cc2)n1. The van der Waals surface area contributed by atoms with Crippen molar-refractivity contribution in [2.24, 2.45) is 0 Å². The van der Waals surface area contributed by atoms with Gasteiger partial charge in [0, 0.05) is 24.2 Å². The summed E-state index contributed by atoms with van der Waals surface area (Å²) in [6.07, 6.45) is 0.232. The van der Waals surface area contributed by atoms with Crippen LogP contribution in [0.1, 0.15) is 42.1 Å². The largest absolute Gasteiger partial charge is 0.382 e. The van der Waals surface area contributed by atoms with E-state index in [9.17, 15) is 19.8 Å².